The van der Waals surface area contributed by atoms with Gasteiger partial charge in [0.1, 0.15) is 0 Å². The summed E-state index contributed by atoms with van der Waals surface area (Å²) in [5.74, 6) is 0. The van der Waals surface area contributed by atoms with Crippen LogP contribution in [0.4, 0.5) is 0 Å². The maximum absolute atomic E-state index is 11.3. The molecule has 1 rings (SSSR count). The van der Waals surface area contributed by atoms with Crippen molar-refractivity contribution in [3.8, 4) is 0 Å². The number of benzene rings is 1. The van der Waals surface area contributed by atoms with E-state index in [0.29, 0.717) is 18.7 Å². The summed E-state index contributed by atoms with van der Waals surface area (Å²) in [4.78, 5) is 0.241. The highest BCUT2D eigenvalue weighted by molar-refractivity contribution is 7.90. The van der Waals surface area contributed by atoms with Gasteiger partial charge in [0.2, 0.25) is 0 Å². The van der Waals surface area contributed by atoms with Gasteiger partial charge in [-0.3, -0.25) is 4.21 Å². The van der Waals surface area contributed by atoms with E-state index in [2.05, 4.69) is 5.32 Å². The van der Waals surface area contributed by atoms with Crippen molar-refractivity contribution in [1.29, 1.82) is 0 Å². The molecule has 0 aromatic heterocycles. The summed E-state index contributed by atoms with van der Waals surface area (Å²) >= 11 is 0. The van der Waals surface area contributed by atoms with E-state index < -0.39 is 26.7 Å². The fourth-order valence-corrected chi connectivity index (χ4v) is 2.85. The zero-order valence-corrected chi connectivity index (χ0v) is 14.2. The average molecular weight is 333 g/mol. The maximum Gasteiger partial charge on any atom is 0.175 e. The number of sulfone groups is 1. The molecule has 3 unspecified atom stereocenters. The molecule has 1 aromatic carbocycles. The number of rotatable bonds is 8. The Labute approximate surface area is 129 Å². The molecule has 0 heterocycles. The predicted molar refractivity (Wildman–Crippen MR) is 85.5 cm³/mol. The van der Waals surface area contributed by atoms with Crippen molar-refractivity contribution < 1.29 is 17.7 Å². The number of hydrogen-bond acceptors (Lipinski definition) is 5. The molecule has 0 saturated heterocycles. The van der Waals surface area contributed by atoms with Crippen LogP contribution in [-0.2, 0) is 20.6 Å². The van der Waals surface area contributed by atoms with Crippen molar-refractivity contribution in [2.45, 2.75) is 29.6 Å². The molecule has 7 heteroatoms. The Kier molecular flexibility index (Phi) is 6.99. The minimum atomic E-state index is -3.21. The summed E-state index contributed by atoms with van der Waals surface area (Å²) < 4.78 is 33.9. The molecule has 0 aliphatic heterocycles. The number of aliphatic hydroxyl groups is 1. The van der Waals surface area contributed by atoms with E-state index in [1.54, 1.807) is 18.4 Å². The molecule has 2 N–H and O–H groups in total. The molecule has 0 fully saturated rings. The molecule has 0 aliphatic rings. The Balaban J connectivity index is 2.46. The molecule has 1 aromatic rings. The van der Waals surface area contributed by atoms with Gasteiger partial charge in [0.15, 0.2) is 9.84 Å². The molecule has 0 aliphatic carbocycles. The molecule has 0 saturated carbocycles. The highest BCUT2D eigenvalue weighted by Crippen LogP contribution is 2.16. The van der Waals surface area contributed by atoms with E-state index in [-0.39, 0.29) is 10.1 Å². The van der Waals surface area contributed by atoms with Crippen molar-refractivity contribution in [2.75, 3.05) is 25.6 Å². The summed E-state index contributed by atoms with van der Waals surface area (Å²) in [6.45, 7) is 2.98. The second kappa shape index (κ2) is 8.03. The van der Waals surface area contributed by atoms with Crippen LogP contribution in [0, 0.1) is 0 Å². The number of nitrogens with one attached hydrogen (secondary N) is 1. The summed E-state index contributed by atoms with van der Waals surface area (Å²) in [7, 11) is -4.04. The fourth-order valence-electron chi connectivity index (χ4n) is 1.77. The first kappa shape index (κ1) is 18.3. The number of aliphatic hydroxyl groups excluding tert-OH is 1. The van der Waals surface area contributed by atoms with Crippen LogP contribution in [0.25, 0.3) is 0 Å². The van der Waals surface area contributed by atoms with Crippen LogP contribution in [0.5, 0.6) is 0 Å². The monoisotopic (exact) mass is 333 g/mol. The lowest BCUT2D eigenvalue weighted by Gasteiger charge is -2.14. The minimum Gasteiger partial charge on any atom is -0.387 e. The Morgan fingerprint density at radius 3 is 2.33 bits per heavy atom. The van der Waals surface area contributed by atoms with Gasteiger partial charge in [-0.1, -0.05) is 19.1 Å². The molecule has 0 amide bonds. The van der Waals surface area contributed by atoms with Crippen LogP contribution < -0.4 is 5.32 Å². The first-order valence-corrected chi connectivity index (χ1v) is 10.2. The molecule has 0 bridgehead atoms. The van der Waals surface area contributed by atoms with E-state index in [9.17, 15) is 17.7 Å². The zero-order chi connectivity index (χ0) is 16.0. The summed E-state index contributed by atoms with van der Waals surface area (Å²) in [6, 6.07) is 6.23. The van der Waals surface area contributed by atoms with E-state index in [0.717, 1.165) is 12.7 Å². The van der Waals surface area contributed by atoms with Crippen molar-refractivity contribution >= 4 is 20.6 Å². The topological polar surface area (TPSA) is 83.5 Å². The van der Waals surface area contributed by atoms with Crippen LogP contribution in [0.2, 0.25) is 0 Å². The van der Waals surface area contributed by atoms with Crippen molar-refractivity contribution in [2.24, 2.45) is 0 Å². The summed E-state index contributed by atoms with van der Waals surface area (Å²) in [6.07, 6.45) is 2.92. The van der Waals surface area contributed by atoms with E-state index >= 15 is 0 Å². The van der Waals surface area contributed by atoms with Gasteiger partial charge in [0.05, 0.1) is 11.0 Å². The lowest BCUT2D eigenvalue weighted by molar-refractivity contribution is 0.175. The summed E-state index contributed by atoms with van der Waals surface area (Å²) in [5, 5.41) is 13.3. The smallest absolute Gasteiger partial charge is 0.175 e. The minimum absolute atomic E-state index is 0.128. The van der Waals surface area contributed by atoms with Gasteiger partial charge in [-0.05, 0) is 30.7 Å². The molecule has 3 atom stereocenters. The lowest BCUT2D eigenvalue weighted by Crippen LogP contribution is -2.25. The van der Waals surface area contributed by atoms with Crippen LogP contribution in [-0.4, -0.2) is 48.6 Å². The van der Waals surface area contributed by atoms with Crippen molar-refractivity contribution in [1.82, 2.24) is 5.32 Å². The van der Waals surface area contributed by atoms with Crippen LogP contribution >= 0.6 is 0 Å². The molecular weight excluding hydrogens is 310 g/mol. The average Bonchev–Trinajstić information content (AvgIpc) is 2.42. The maximum atomic E-state index is 11.3. The normalized spacial score (nSPS) is 16.4. The number of hydrogen-bond donors (Lipinski definition) is 2. The van der Waals surface area contributed by atoms with Gasteiger partial charge in [0.25, 0.3) is 0 Å². The molecule has 5 nitrogen and oxygen atoms in total. The SMILES string of the molecule is CC(CCNCC(O)c1ccc(S(C)(=O)=O)cc1)S(C)=O. The zero-order valence-electron chi connectivity index (χ0n) is 12.6. The van der Waals surface area contributed by atoms with Gasteiger partial charge in [-0.2, -0.15) is 0 Å². The van der Waals surface area contributed by atoms with E-state index in [1.165, 1.54) is 12.1 Å². The van der Waals surface area contributed by atoms with Crippen LogP contribution in [0.1, 0.15) is 25.0 Å². The van der Waals surface area contributed by atoms with Crippen molar-refractivity contribution in [3.05, 3.63) is 29.8 Å². The van der Waals surface area contributed by atoms with Gasteiger partial charge in [0, 0.05) is 35.1 Å². The largest absolute Gasteiger partial charge is 0.387 e. The molecule has 21 heavy (non-hydrogen) atoms. The molecular formula is C14H23NO4S2. The second-order valence-electron chi connectivity index (χ2n) is 5.16. The van der Waals surface area contributed by atoms with Gasteiger partial charge < -0.3 is 10.4 Å². The highest BCUT2D eigenvalue weighted by atomic mass is 32.2. The van der Waals surface area contributed by atoms with Gasteiger partial charge in [-0.15, -0.1) is 0 Å². The lowest BCUT2D eigenvalue weighted by atomic mass is 10.1. The van der Waals surface area contributed by atoms with Crippen LogP contribution in [0.3, 0.4) is 0 Å². The third-order valence-electron chi connectivity index (χ3n) is 3.32. The van der Waals surface area contributed by atoms with E-state index in [1.807, 2.05) is 6.92 Å². The van der Waals surface area contributed by atoms with E-state index in [4.69, 9.17) is 0 Å². The van der Waals surface area contributed by atoms with Crippen LogP contribution in [0.15, 0.2) is 29.2 Å². The second-order valence-corrected chi connectivity index (χ2v) is 8.98. The van der Waals surface area contributed by atoms with Gasteiger partial charge >= 0.3 is 0 Å². The molecule has 0 spiro atoms. The standard InChI is InChI=1S/C14H23NO4S2/c1-11(20(2)17)8-9-15-10-14(16)12-4-6-13(7-5-12)21(3,18)19/h4-7,11,14-16H,8-10H2,1-3H3. The Morgan fingerprint density at radius 2 is 1.86 bits per heavy atom. The Hall–Kier alpha value is -0.760. The first-order valence-electron chi connectivity index (χ1n) is 6.73. The fraction of sp³-hybridized carbons (Fsp3) is 0.571. The Morgan fingerprint density at radius 1 is 1.29 bits per heavy atom. The quantitative estimate of drug-likeness (QED) is 0.690. The third-order valence-corrected chi connectivity index (χ3v) is 5.82. The predicted octanol–water partition coefficient (Wildman–Crippen LogP) is 0.870. The summed E-state index contributed by atoms with van der Waals surface area (Å²) in [5.41, 5.74) is 0.669. The molecule has 120 valence electrons. The first-order chi connectivity index (χ1) is 9.71. The van der Waals surface area contributed by atoms with Gasteiger partial charge in [-0.25, -0.2) is 8.42 Å². The van der Waals surface area contributed by atoms with Crippen molar-refractivity contribution in [3.63, 3.8) is 0 Å². The molecule has 0 radical (unpaired) electrons. The Bertz CT molecular complexity index is 569. The third kappa shape index (κ3) is 6.25. The highest BCUT2D eigenvalue weighted by Gasteiger charge is 2.11.